The molecule has 0 unspecified atom stereocenters. The second kappa shape index (κ2) is 11.3. The second-order valence-corrected chi connectivity index (χ2v) is 8.82. The lowest BCUT2D eigenvalue weighted by atomic mass is 10.1. The zero-order valence-electron chi connectivity index (χ0n) is 19.2. The highest BCUT2D eigenvalue weighted by Crippen LogP contribution is 2.39. The van der Waals surface area contributed by atoms with E-state index in [-0.39, 0.29) is 23.3 Å². The molecule has 1 aromatic carbocycles. The lowest BCUT2D eigenvalue weighted by molar-refractivity contribution is 0.0526. The summed E-state index contributed by atoms with van der Waals surface area (Å²) in [7, 11) is 4.44. The van der Waals surface area contributed by atoms with E-state index in [9.17, 15) is 9.59 Å². The molecule has 1 aliphatic carbocycles. The predicted molar refractivity (Wildman–Crippen MR) is 131 cm³/mol. The number of hydrogen-bond donors (Lipinski definition) is 2. The standard InChI is InChI=1S/C23H28N2O6S2/c1-5-31-22(27)18-14-9-7-6-8-10-17(14)33-21(18)25-23(32)24-20(26)13-11-15(28-2)19(30-4)16(12-13)29-3/h11-12H,5-10H2,1-4H3,(H2,24,25,26,32). The van der Waals surface area contributed by atoms with Crippen molar-refractivity contribution in [2.75, 3.05) is 33.3 Å². The minimum Gasteiger partial charge on any atom is -0.493 e. The molecule has 0 fully saturated rings. The Hall–Kier alpha value is -2.85. The van der Waals surface area contributed by atoms with Crippen molar-refractivity contribution in [3.8, 4) is 17.2 Å². The summed E-state index contributed by atoms with van der Waals surface area (Å²) in [5.74, 6) is 0.261. The van der Waals surface area contributed by atoms with E-state index in [4.69, 9.17) is 31.2 Å². The smallest absolute Gasteiger partial charge is 0.341 e. The molecule has 3 rings (SSSR count). The average Bonchev–Trinajstić information content (AvgIpc) is 2.97. The van der Waals surface area contributed by atoms with Crippen LogP contribution in [0.3, 0.4) is 0 Å². The first-order valence-corrected chi connectivity index (χ1v) is 11.9. The third-order valence-electron chi connectivity index (χ3n) is 5.28. The highest BCUT2D eigenvalue weighted by molar-refractivity contribution is 7.80. The van der Waals surface area contributed by atoms with E-state index in [0.717, 1.165) is 42.5 Å². The largest absolute Gasteiger partial charge is 0.493 e. The Morgan fingerprint density at radius 1 is 1.03 bits per heavy atom. The fourth-order valence-electron chi connectivity index (χ4n) is 3.77. The van der Waals surface area contributed by atoms with Gasteiger partial charge in [-0.1, -0.05) is 6.42 Å². The first-order valence-electron chi connectivity index (χ1n) is 10.7. The highest BCUT2D eigenvalue weighted by atomic mass is 32.1. The Morgan fingerprint density at radius 2 is 1.70 bits per heavy atom. The topological polar surface area (TPSA) is 95.1 Å². The molecular weight excluding hydrogens is 464 g/mol. The Labute approximate surface area is 202 Å². The van der Waals surface area contributed by atoms with Crippen LogP contribution < -0.4 is 24.8 Å². The molecule has 1 aliphatic rings. The summed E-state index contributed by atoms with van der Waals surface area (Å²) in [5, 5.41) is 6.37. The van der Waals surface area contributed by atoms with Gasteiger partial charge in [0.15, 0.2) is 16.6 Å². The van der Waals surface area contributed by atoms with Gasteiger partial charge in [-0.05, 0) is 62.5 Å². The monoisotopic (exact) mass is 492 g/mol. The lowest BCUT2D eigenvalue weighted by Crippen LogP contribution is -2.34. The Kier molecular flexibility index (Phi) is 8.51. The molecule has 0 bridgehead atoms. The van der Waals surface area contributed by atoms with Crippen LogP contribution in [-0.4, -0.2) is 44.9 Å². The molecule has 0 atom stereocenters. The number of carbonyl (C=O) groups excluding carboxylic acids is 2. The van der Waals surface area contributed by atoms with Gasteiger partial charge >= 0.3 is 5.97 Å². The van der Waals surface area contributed by atoms with Crippen molar-refractivity contribution >= 4 is 45.5 Å². The number of nitrogens with one attached hydrogen (secondary N) is 2. The molecule has 178 valence electrons. The van der Waals surface area contributed by atoms with E-state index < -0.39 is 5.91 Å². The molecule has 2 N–H and O–H groups in total. The number of carbonyl (C=O) groups is 2. The van der Waals surface area contributed by atoms with Crippen LogP contribution in [0.2, 0.25) is 0 Å². The van der Waals surface area contributed by atoms with Gasteiger partial charge in [0, 0.05) is 10.4 Å². The number of benzene rings is 1. The maximum absolute atomic E-state index is 12.9. The van der Waals surface area contributed by atoms with Gasteiger partial charge in [-0.15, -0.1) is 11.3 Å². The summed E-state index contributed by atoms with van der Waals surface area (Å²) in [6, 6.07) is 3.08. The van der Waals surface area contributed by atoms with Gasteiger partial charge < -0.3 is 24.3 Å². The number of aryl methyl sites for hydroxylation is 1. The summed E-state index contributed by atoms with van der Waals surface area (Å²) >= 11 is 6.88. The zero-order chi connectivity index (χ0) is 24.0. The fourth-order valence-corrected chi connectivity index (χ4v) is 5.31. The lowest BCUT2D eigenvalue weighted by Gasteiger charge is -2.15. The molecule has 33 heavy (non-hydrogen) atoms. The van der Waals surface area contributed by atoms with Gasteiger partial charge in [0.1, 0.15) is 5.00 Å². The summed E-state index contributed by atoms with van der Waals surface area (Å²) in [5.41, 5.74) is 1.82. The van der Waals surface area contributed by atoms with Gasteiger partial charge in [-0.3, -0.25) is 10.1 Å². The first kappa shape index (κ1) is 24.8. The number of hydrogen-bond acceptors (Lipinski definition) is 8. The predicted octanol–water partition coefficient (Wildman–Crippen LogP) is 4.35. The van der Waals surface area contributed by atoms with Crippen LogP contribution in [0, 0.1) is 0 Å². The quantitative estimate of drug-likeness (QED) is 0.335. The van der Waals surface area contributed by atoms with Crippen molar-refractivity contribution in [3.63, 3.8) is 0 Å². The molecule has 0 radical (unpaired) electrons. The van der Waals surface area contributed by atoms with Crippen LogP contribution in [0.1, 0.15) is 57.3 Å². The third-order valence-corrected chi connectivity index (χ3v) is 6.69. The normalized spacial score (nSPS) is 12.7. The van der Waals surface area contributed by atoms with Crippen molar-refractivity contribution in [1.82, 2.24) is 5.32 Å². The zero-order valence-corrected chi connectivity index (χ0v) is 20.8. The summed E-state index contributed by atoms with van der Waals surface area (Å²) in [6.45, 7) is 2.06. The van der Waals surface area contributed by atoms with E-state index in [1.807, 2.05) is 0 Å². The SMILES string of the molecule is CCOC(=O)c1c(NC(=S)NC(=O)c2cc(OC)c(OC)c(OC)c2)sc2c1CCCCC2. The van der Waals surface area contributed by atoms with Gasteiger partial charge in [0.05, 0.1) is 33.5 Å². The van der Waals surface area contributed by atoms with E-state index >= 15 is 0 Å². The van der Waals surface area contributed by atoms with Gasteiger partial charge in [0.25, 0.3) is 5.91 Å². The number of amides is 1. The number of rotatable bonds is 7. The molecule has 8 nitrogen and oxygen atoms in total. The summed E-state index contributed by atoms with van der Waals surface area (Å²) in [4.78, 5) is 26.7. The molecule has 10 heteroatoms. The Balaban J connectivity index is 1.82. The highest BCUT2D eigenvalue weighted by Gasteiger charge is 2.26. The maximum Gasteiger partial charge on any atom is 0.341 e. The number of fused-ring (bicyclic) bond motifs is 1. The minimum atomic E-state index is -0.456. The molecule has 1 amide bonds. The van der Waals surface area contributed by atoms with Crippen molar-refractivity contribution in [2.45, 2.75) is 39.0 Å². The van der Waals surface area contributed by atoms with E-state index in [1.165, 1.54) is 44.8 Å². The van der Waals surface area contributed by atoms with Gasteiger partial charge in [0.2, 0.25) is 5.75 Å². The number of esters is 1. The number of ether oxygens (including phenoxy) is 4. The average molecular weight is 493 g/mol. The minimum absolute atomic E-state index is 0.0794. The fraction of sp³-hybridized carbons (Fsp3) is 0.435. The van der Waals surface area contributed by atoms with Crippen molar-refractivity contribution in [3.05, 3.63) is 33.7 Å². The Bertz CT molecular complexity index is 1020. The van der Waals surface area contributed by atoms with E-state index in [1.54, 1.807) is 6.92 Å². The number of methoxy groups -OCH3 is 3. The van der Waals surface area contributed by atoms with Gasteiger partial charge in [-0.2, -0.15) is 0 Å². The molecule has 0 saturated carbocycles. The first-order chi connectivity index (χ1) is 15.9. The van der Waals surface area contributed by atoms with Gasteiger partial charge in [-0.25, -0.2) is 4.79 Å². The van der Waals surface area contributed by atoms with E-state index in [2.05, 4.69) is 10.6 Å². The molecule has 1 heterocycles. The molecule has 0 aliphatic heterocycles. The van der Waals surface area contributed by atoms with Crippen molar-refractivity contribution in [1.29, 1.82) is 0 Å². The maximum atomic E-state index is 12.9. The van der Waals surface area contributed by atoms with Crippen LogP contribution in [-0.2, 0) is 17.6 Å². The molecule has 0 spiro atoms. The number of thiophene rings is 1. The van der Waals surface area contributed by atoms with Crippen molar-refractivity contribution < 1.29 is 28.5 Å². The van der Waals surface area contributed by atoms with Crippen LogP contribution in [0.15, 0.2) is 12.1 Å². The molecule has 0 saturated heterocycles. The third kappa shape index (κ3) is 5.56. The van der Waals surface area contributed by atoms with Crippen LogP contribution in [0.25, 0.3) is 0 Å². The molecule has 1 aromatic heterocycles. The van der Waals surface area contributed by atoms with Crippen LogP contribution in [0.4, 0.5) is 5.00 Å². The van der Waals surface area contributed by atoms with Crippen LogP contribution in [0.5, 0.6) is 17.2 Å². The molecule has 2 aromatic rings. The number of anilines is 1. The summed E-state index contributed by atoms with van der Waals surface area (Å²) < 4.78 is 21.2. The Morgan fingerprint density at radius 3 is 2.30 bits per heavy atom. The second-order valence-electron chi connectivity index (χ2n) is 7.31. The summed E-state index contributed by atoms with van der Waals surface area (Å²) in [6.07, 6.45) is 4.98. The van der Waals surface area contributed by atoms with Crippen molar-refractivity contribution in [2.24, 2.45) is 0 Å². The number of thiocarbonyl (C=S) groups is 1. The molecular formula is C23H28N2O6S2. The van der Waals surface area contributed by atoms with Crippen LogP contribution >= 0.6 is 23.6 Å². The van der Waals surface area contributed by atoms with E-state index in [0.29, 0.717) is 27.8 Å².